The zero-order valence-electron chi connectivity index (χ0n) is 16.1. The fraction of sp³-hybridized carbons (Fsp3) is 0.261. The smallest absolute Gasteiger partial charge is 0.252 e. The van der Waals surface area contributed by atoms with Gasteiger partial charge in [-0.1, -0.05) is 30.3 Å². The summed E-state index contributed by atoms with van der Waals surface area (Å²) in [6.07, 6.45) is 0.192. The Bertz CT molecular complexity index is 964. The van der Waals surface area contributed by atoms with Gasteiger partial charge in [-0.15, -0.1) is 11.3 Å². The molecule has 1 atom stereocenters. The Labute approximate surface area is 169 Å². The van der Waals surface area contributed by atoms with Crippen molar-refractivity contribution >= 4 is 17.2 Å². The lowest BCUT2D eigenvalue weighted by Gasteiger charge is -2.28. The highest BCUT2D eigenvalue weighted by Gasteiger charge is 2.20. The van der Waals surface area contributed by atoms with Gasteiger partial charge in [0.1, 0.15) is 11.9 Å². The number of nitrogens with one attached hydrogen (secondary N) is 2. The van der Waals surface area contributed by atoms with E-state index < -0.39 is 0 Å². The van der Waals surface area contributed by atoms with Crippen LogP contribution in [0.4, 0.5) is 0 Å². The molecule has 1 aromatic heterocycles. The molecule has 2 N–H and O–H groups in total. The molecule has 1 unspecified atom stereocenters. The molecule has 1 fully saturated rings. The third-order valence-corrected chi connectivity index (χ3v) is 5.96. The molecule has 0 saturated carbocycles. The number of amides is 1. The van der Waals surface area contributed by atoms with Crippen LogP contribution in [0.25, 0.3) is 10.4 Å². The van der Waals surface area contributed by atoms with Crippen LogP contribution in [0.1, 0.15) is 34.5 Å². The van der Waals surface area contributed by atoms with Gasteiger partial charge < -0.3 is 15.4 Å². The van der Waals surface area contributed by atoms with Crippen LogP contribution >= 0.6 is 11.3 Å². The third kappa shape index (κ3) is 4.11. The number of thiophene rings is 1. The van der Waals surface area contributed by atoms with Crippen LogP contribution in [0.5, 0.6) is 5.75 Å². The van der Waals surface area contributed by atoms with Gasteiger partial charge in [0.2, 0.25) is 0 Å². The van der Waals surface area contributed by atoms with Gasteiger partial charge in [0, 0.05) is 23.5 Å². The molecular formula is C23H24N2O2S. The molecule has 2 heterocycles. The third-order valence-electron chi connectivity index (χ3n) is 5.04. The van der Waals surface area contributed by atoms with Crippen molar-refractivity contribution in [3.05, 3.63) is 76.7 Å². The van der Waals surface area contributed by atoms with Crippen LogP contribution in [0.2, 0.25) is 0 Å². The maximum absolute atomic E-state index is 12.9. The Morgan fingerprint density at radius 3 is 2.75 bits per heavy atom. The maximum atomic E-state index is 12.9. The molecule has 0 aliphatic carbocycles. The predicted octanol–water partition coefficient (Wildman–Crippen LogP) is 4.57. The number of carbonyl (C=O) groups is 1. The normalized spacial score (nSPS) is 14.9. The van der Waals surface area contributed by atoms with E-state index in [-0.39, 0.29) is 18.1 Å². The number of rotatable bonds is 6. The van der Waals surface area contributed by atoms with Crippen LogP contribution in [0.15, 0.2) is 60.0 Å². The Morgan fingerprint density at radius 2 is 2.04 bits per heavy atom. The van der Waals surface area contributed by atoms with E-state index in [0.717, 1.165) is 30.0 Å². The number of hydrogen-bond acceptors (Lipinski definition) is 4. The Kier molecular flexibility index (Phi) is 5.46. The highest BCUT2D eigenvalue weighted by atomic mass is 32.1. The summed E-state index contributed by atoms with van der Waals surface area (Å²) in [5, 5.41) is 8.39. The molecule has 0 spiro atoms. The molecule has 1 saturated heterocycles. The zero-order valence-corrected chi connectivity index (χ0v) is 16.9. The summed E-state index contributed by atoms with van der Waals surface area (Å²) >= 11 is 1.72. The molecule has 4 rings (SSSR count). The SMILES string of the molecule is Cc1ccc(OC2CNC2)cc1C(=O)NC(C)c1cccc(-c2cccs2)c1. The van der Waals surface area contributed by atoms with E-state index in [1.165, 1.54) is 10.4 Å². The summed E-state index contributed by atoms with van der Waals surface area (Å²) in [4.78, 5) is 14.1. The van der Waals surface area contributed by atoms with E-state index in [4.69, 9.17) is 4.74 Å². The van der Waals surface area contributed by atoms with Crippen LogP contribution in [-0.4, -0.2) is 25.1 Å². The van der Waals surface area contributed by atoms with Crippen LogP contribution in [0, 0.1) is 6.92 Å². The molecule has 2 aromatic carbocycles. The lowest BCUT2D eigenvalue weighted by molar-refractivity contribution is 0.0937. The van der Waals surface area contributed by atoms with Gasteiger partial charge in [-0.3, -0.25) is 4.79 Å². The van der Waals surface area contributed by atoms with E-state index in [9.17, 15) is 4.79 Å². The molecule has 5 heteroatoms. The van der Waals surface area contributed by atoms with E-state index in [2.05, 4.69) is 46.3 Å². The van der Waals surface area contributed by atoms with Crippen molar-refractivity contribution < 1.29 is 9.53 Å². The first-order valence-corrected chi connectivity index (χ1v) is 10.4. The van der Waals surface area contributed by atoms with E-state index >= 15 is 0 Å². The van der Waals surface area contributed by atoms with Crippen molar-refractivity contribution in [2.45, 2.75) is 26.0 Å². The Hall–Kier alpha value is -2.63. The van der Waals surface area contributed by atoms with E-state index in [1.807, 2.05) is 38.1 Å². The van der Waals surface area contributed by atoms with Gasteiger partial charge in [-0.2, -0.15) is 0 Å². The number of hydrogen-bond donors (Lipinski definition) is 2. The van der Waals surface area contributed by atoms with Gasteiger partial charge in [0.05, 0.1) is 6.04 Å². The second-order valence-corrected chi connectivity index (χ2v) is 8.12. The predicted molar refractivity (Wildman–Crippen MR) is 114 cm³/mol. The quantitative estimate of drug-likeness (QED) is 0.646. The van der Waals surface area contributed by atoms with Gasteiger partial charge in [-0.25, -0.2) is 0 Å². The first kappa shape index (κ1) is 18.7. The number of carbonyl (C=O) groups excluding carboxylic acids is 1. The minimum absolute atomic E-state index is 0.0799. The molecule has 3 aromatic rings. The van der Waals surface area contributed by atoms with E-state index in [1.54, 1.807) is 11.3 Å². The second kappa shape index (κ2) is 8.17. The average molecular weight is 393 g/mol. The Morgan fingerprint density at radius 1 is 1.18 bits per heavy atom. The van der Waals surface area contributed by atoms with Gasteiger partial charge >= 0.3 is 0 Å². The first-order chi connectivity index (χ1) is 13.6. The minimum Gasteiger partial charge on any atom is -0.488 e. The van der Waals surface area contributed by atoms with Gasteiger partial charge in [0.25, 0.3) is 5.91 Å². The highest BCUT2D eigenvalue weighted by molar-refractivity contribution is 7.13. The fourth-order valence-corrected chi connectivity index (χ4v) is 3.94. The molecule has 144 valence electrons. The molecule has 1 amide bonds. The molecule has 28 heavy (non-hydrogen) atoms. The van der Waals surface area contributed by atoms with Crippen LogP contribution < -0.4 is 15.4 Å². The second-order valence-electron chi connectivity index (χ2n) is 7.17. The van der Waals surface area contributed by atoms with Crippen LogP contribution in [-0.2, 0) is 0 Å². The summed E-state index contributed by atoms with van der Waals surface area (Å²) < 4.78 is 5.90. The Balaban J connectivity index is 1.48. The number of ether oxygens (including phenoxy) is 1. The van der Waals surface area contributed by atoms with Crippen molar-refractivity contribution in [3.63, 3.8) is 0 Å². The monoisotopic (exact) mass is 392 g/mol. The van der Waals surface area contributed by atoms with Gasteiger partial charge in [0.15, 0.2) is 0 Å². The molecular weight excluding hydrogens is 368 g/mol. The summed E-state index contributed by atoms with van der Waals surface area (Å²) in [6.45, 7) is 5.67. The molecule has 1 aliphatic rings. The standard InChI is InChI=1S/C23H24N2O2S/c1-15-8-9-19(27-20-13-24-14-20)12-21(15)23(26)25-16(2)17-5-3-6-18(11-17)22-7-4-10-28-22/h3-12,16,20,24H,13-14H2,1-2H3,(H,25,26). The maximum Gasteiger partial charge on any atom is 0.252 e. The molecule has 1 aliphatic heterocycles. The zero-order chi connectivity index (χ0) is 19.5. The van der Waals surface area contributed by atoms with Gasteiger partial charge in [-0.05, 0) is 60.2 Å². The van der Waals surface area contributed by atoms with Crippen molar-refractivity contribution in [1.29, 1.82) is 0 Å². The lowest BCUT2D eigenvalue weighted by Crippen LogP contribution is -2.50. The molecule has 0 bridgehead atoms. The molecule has 0 radical (unpaired) electrons. The summed E-state index contributed by atoms with van der Waals surface area (Å²) in [5.41, 5.74) is 3.86. The number of aryl methyl sites for hydroxylation is 1. The average Bonchev–Trinajstić information content (AvgIpc) is 3.20. The largest absolute Gasteiger partial charge is 0.488 e. The van der Waals surface area contributed by atoms with Crippen molar-refractivity contribution in [1.82, 2.24) is 10.6 Å². The highest BCUT2D eigenvalue weighted by Crippen LogP contribution is 2.27. The van der Waals surface area contributed by atoms with Crippen molar-refractivity contribution in [2.24, 2.45) is 0 Å². The summed E-state index contributed by atoms with van der Waals surface area (Å²) in [7, 11) is 0. The molecule has 4 nitrogen and oxygen atoms in total. The first-order valence-electron chi connectivity index (χ1n) is 9.53. The van der Waals surface area contributed by atoms with E-state index in [0.29, 0.717) is 5.56 Å². The lowest BCUT2D eigenvalue weighted by atomic mass is 10.0. The van der Waals surface area contributed by atoms with Crippen LogP contribution in [0.3, 0.4) is 0 Å². The fourth-order valence-electron chi connectivity index (χ4n) is 3.22. The number of benzene rings is 2. The van der Waals surface area contributed by atoms with Crippen molar-refractivity contribution in [3.8, 4) is 16.2 Å². The summed E-state index contributed by atoms with van der Waals surface area (Å²) in [6, 6.07) is 18.1. The topological polar surface area (TPSA) is 50.4 Å². The van der Waals surface area contributed by atoms with Crippen molar-refractivity contribution in [2.75, 3.05) is 13.1 Å². The summed E-state index contributed by atoms with van der Waals surface area (Å²) in [5.74, 6) is 0.665. The minimum atomic E-state index is -0.0905.